The molecule has 0 fully saturated rings. The predicted molar refractivity (Wildman–Crippen MR) is 58.2 cm³/mol. The zero-order valence-electron chi connectivity index (χ0n) is 7.83. The largest absolute Gasteiger partial charge is 0.325 e. The first kappa shape index (κ1) is 10.1. The summed E-state index contributed by atoms with van der Waals surface area (Å²) in [5.41, 5.74) is 2.06. The topological polar surface area (TPSA) is 29.1 Å². The lowest BCUT2D eigenvalue weighted by molar-refractivity contribution is -0.113. The number of aryl methyl sites for hydroxylation is 1. The molecule has 70 valence electrons. The van der Waals surface area contributed by atoms with Crippen LogP contribution in [0.4, 0.5) is 5.69 Å². The van der Waals surface area contributed by atoms with Crippen LogP contribution in [-0.2, 0) is 4.79 Å². The third-order valence-electron chi connectivity index (χ3n) is 1.61. The minimum atomic E-state index is 0.0522. The van der Waals surface area contributed by atoms with E-state index in [1.807, 2.05) is 37.4 Å². The highest BCUT2D eigenvalue weighted by Gasteiger charge is 1.99. The van der Waals surface area contributed by atoms with Gasteiger partial charge in [-0.2, -0.15) is 11.8 Å². The Kier molecular flexibility index (Phi) is 3.83. The minimum absolute atomic E-state index is 0.0522. The highest BCUT2D eigenvalue weighted by atomic mass is 32.2. The van der Waals surface area contributed by atoms with E-state index in [-0.39, 0.29) is 5.91 Å². The molecule has 13 heavy (non-hydrogen) atoms. The van der Waals surface area contributed by atoms with Gasteiger partial charge in [-0.05, 0) is 25.3 Å². The van der Waals surface area contributed by atoms with Crippen LogP contribution in [0.15, 0.2) is 24.3 Å². The van der Waals surface area contributed by atoms with E-state index in [1.165, 1.54) is 17.3 Å². The standard InChI is InChI=1S/C10H13NOS/c1-8-3-5-9(6-4-8)11-10(12)7-13-2/h3-6H,7H2,1-2H3,(H,11,12). The summed E-state index contributed by atoms with van der Waals surface area (Å²) in [5.74, 6) is 0.560. The second-order valence-electron chi connectivity index (χ2n) is 2.85. The molecule has 0 aliphatic heterocycles. The number of carbonyl (C=O) groups excluding carboxylic acids is 1. The van der Waals surface area contributed by atoms with Crippen LogP contribution < -0.4 is 5.32 Å². The first-order chi connectivity index (χ1) is 6.22. The lowest BCUT2D eigenvalue weighted by Gasteiger charge is -2.03. The molecule has 0 unspecified atom stereocenters. The lowest BCUT2D eigenvalue weighted by atomic mass is 10.2. The van der Waals surface area contributed by atoms with Crippen molar-refractivity contribution in [1.82, 2.24) is 0 Å². The van der Waals surface area contributed by atoms with Crippen LogP contribution >= 0.6 is 11.8 Å². The second-order valence-corrected chi connectivity index (χ2v) is 3.71. The maximum atomic E-state index is 11.2. The van der Waals surface area contributed by atoms with Gasteiger partial charge in [-0.3, -0.25) is 4.79 Å². The summed E-state index contributed by atoms with van der Waals surface area (Å²) in [4.78, 5) is 11.2. The number of hydrogen-bond acceptors (Lipinski definition) is 2. The SMILES string of the molecule is CSCC(=O)Nc1ccc(C)cc1. The van der Waals surface area contributed by atoms with Crippen LogP contribution in [0.5, 0.6) is 0 Å². The summed E-state index contributed by atoms with van der Waals surface area (Å²) in [5, 5.41) is 2.81. The van der Waals surface area contributed by atoms with Gasteiger partial charge in [0.25, 0.3) is 0 Å². The predicted octanol–water partition coefficient (Wildman–Crippen LogP) is 2.30. The van der Waals surface area contributed by atoms with E-state index >= 15 is 0 Å². The Morgan fingerprint density at radius 1 is 1.38 bits per heavy atom. The van der Waals surface area contributed by atoms with E-state index in [0.29, 0.717) is 5.75 Å². The number of thioether (sulfide) groups is 1. The fourth-order valence-electron chi connectivity index (χ4n) is 0.965. The zero-order valence-corrected chi connectivity index (χ0v) is 8.65. The molecule has 1 aromatic rings. The molecule has 0 bridgehead atoms. The first-order valence-corrected chi connectivity index (χ1v) is 5.47. The smallest absolute Gasteiger partial charge is 0.234 e. The third-order valence-corrected chi connectivity index (χ3v) is 2.16. The highest BCUT2D eigenvalue weighted by Crippen LogP contribution is 2.08. The molecular formula is C10H13NOS. The van der Waals surface area contributed by atoms with Gasteiger partial charge in [0.15, 0.2) is 0 Å². The zero-order chi connectivity index (χ0) is 9.68. The monoisotopic (exact) mass is 195 g/mol. The maximum absolute atomic E-state index is 11.2. The first-order valence-electron chi connectivity index (χ1n) is 4.08. The maximum Gasteiger partial charge on any atom is 0.234 e. The Morgan fingerprint density at radius 3 is 2.54 bits per heavy atom. The van der Waals surface area contributed by atoms with Crippen molar-refractivity contribution in [3.05, 3.63) is 29.8 Å². The number of anilines is 1. The molecule has 1 rings (SSSR count). The van der Waals surface area contributed by atoms with Crippen molar-refractivity contribution in [2.45, 2.75) is 6.92 Å². The van der Waals surface area contributed by atoms with Crippen molar-refractivity contribution in [1.29, 1.82) is 0 Å². The summed E-state index contributed by atoms with van der Waals surface area (Å²) >= 11 is 1.52. The van der Waals surface area contributed by atoms with Gasteiger partial charge in [-0.25, -0.2) is 0 Å². The van der Waals surface area contributed by atoms with Gasteiger partial charge in [-0.1, -0.05) is 17.7 Å². The summed E-state index contributed by atoms with van der Waals surface area (Å²) in [7, 11) is 0. The molecule has 1 N–H and O–H groups in total. The van der Waals surface area contributed by atoms with Gasteiger partial charge in [0, 0.05) is 5.69 Å². The summed E-state index contributed by atoms with van der Waals surface area (Å²) < 4.78 is 0. The minimum Gasteiger partial charge on any atom is -0.325 e. The molecule has 0 aliphatic carbocycles. The van der Waals surface area contributed by atoms with Crippen molar-refractivity contribution in [3.63, 3.8) is 0 Å². The van der Waals surface area contributed by atoms with Gasteiger partial charge < -0.3 is 5.32 Å². The molecule has 0 radical (unpaired) electrons. The average molecular weight is 195 g/mol. The fourth-order valence-corrected chi connectivity index (χ4v) is 1.30. The van der Waals surface area contributed by atoms with Crippen molar-refractivity contribution >= 4 is 23.4 Å². The molecule has 3 heteroatoms. The van der Waals surface area contributed by atoms with Gasteiger partial charge >= 0.3 is 0 Å². The summed E-state index contributed by atoms with van der Waals surface area (Å²) in [6.45, 7) is 2.02. The molecule has 0 aromatic heterocycles. The number of nitrogens with one attached hydrogen (secondary N) is 1. The van der Waals surface area contributed by atoms with Crippen LogP contribution in [0.2, 0.25) is 0 Å². The Balaban J connectivity index is 2.54. The average Bonchev–Trinajstić information content (AvgIpc) is 2.09. The van der Waals surface area contributed by atoms with Crippen LogP contribution in [0, 0.1) is 6.92 Å². The Morgan fingerprint density at radius 2 is 2.00 bits per heavy atom. The van der Waals surface area contributed by atoms with Crippen molar-refractivity contribution in [3.8, 4) is 0 Å². The lowest BCUT2D eigenvalue weighted by Crippen LogP contribution is -2.13. The number of rotatable bonds is 3. The summed E-state index contributed by atoms with van der Waals surface area (Å²) in [6.07, 6.45) is 1.91. The fraction of sp³-hybridized carbons (Fsp3) is 0.300. The highest BCUT2D eigenvalue weighted by molar-refractivity contribution is 7.99. The molecule has 0 aliphatic rings. The van der Waals surface area contributed by atoms with Crippen LogP contribution in [0.1, 0.15) is 5.56 Å². The van der Waals surface area contributed by atoms with Crippen molar-refractivity contribution < 1.29 is 4.79 Å². The molecule has 1 aromatic carbocycles. The van der Waals surface area contributed by atoms with E-state index in [4.69, 9.17) is 0 Å². The van der Waals surface area contributed by atoms with Gasteiger partial charge in [0.1, 0.15) is 0 Å². The number of carbonyl (C=O) groups is 1. The molecule has 2 nitrogen and oxygen atoms in total. The van der Waals surface area contributed by atoms with Gasteiger partial charge in [0.05, 0.1) is 5.75 Å². The van der Waals surface area contributed by atoms with Gasteiger partial charge in [-0.15, -0.1) is 0 Å². The summed E-state index contributed by atoms with van der Waals surface area (Å²) in [6, 6.07) is 7.78. The van der Waals surface area contributed by atoms with E-state index in [2.05, 4.69) is 5.32 Å². The molecule has 1 amide bonds. The van der Waals surface area contributed by atoms with Crippen LogP contribution in [0.25, 0.3) is 0 Å². The number of hydrogen-bond donors (Lipinski definition) is 1. The Bertz CT molecular complexity index is 281. The Labute approximate surface area is 82.7 Å². The van der Waals surface area contributed by atoms with E-state index in [9.17, 15) is 4.79 Å². The van der Waals surface area contributed by atoms with E-state index in [1.54, 1.807) is 0 Å². The molecule has 0 saturated heterocycles. The van der Waals surface area contributed by atoms with E-state index in [0.717, 1.165) is 5.69 Å². The van der Waals surface area contributed by atoms with Gasteiger partial charge in [0.2, 0.25) is 5.91 Å². The molecule has 0 spiro atoms. The molecule has 0 saturated carbocycles. The molecule has 0 atom stereocenters. The molecule has 0 heterocycles. The van der Waals surface area contributed by atoms with Crippen molar-refractivity contribution in [2.24, 2.45) is 0 Å². The Hall–Kier alpha value is -0.960. The third kappa shape index (κ3) is 3.51. The van der Waals surface area contributed by atoms with Crippen LogP contribution in [-0.4, -0.2) is 17.9 Å². The quantitative estimate of drug-likeness (QED) is 0.801. The van der Waals surface area contributed by atoms with Crippen molar-refractivity contribution in [2.75, 3.05) is 17.3 Å². The van der Waals surface area contributed by atoms with Crippen LogP contribution in [0.3, 0.4) is 0 Å². The van der Waals surface area contributed by atoms with E-state index < -0.39 is 0 Å². The molecular weight excluding hydrogens is 182 g/mol. The normalized spacial score (nSPS) is 9.69. The second kappa shape index (κ2) is 4.92. The number of amides is 1. The number of benzene rings is 1.